The van der Waals surface area contributed by atoms with Crippen LogP contribution >= 0.6 is 22.2 Å². The fraction of sp³-hybridized carbons (Fsp3) is 1.00. The molecule has 1 nitrogen and oxygen atoms in total. The Morgan fingerprint density at radius 2 is 0.909 bits per heavy atom. The lowest BCUT2D eigenvalue weighted by Crippen LogP contribution is -2.76. The van der Waals surface area contributed by atoms with Crippen molar-refractivity contribution in [3.63, 3.8) is 0 Å². The Kier molecular flexibility index (Phi) is 16.0. The summed E-state index contributed by atoms with van der Waals surface area (Å²) in [7, 11) is -5.51. The Hall–Kier alpha value is 1.19. The summed E-state index contributed by atoms with van der Waals surface area (Å²) in [6, 6.07) is 1.62. The van der Waals surface area contributed by atoms with Crippen molar-refractivity contribution in [2.24, 2.45) is 0 Å². The standard InChI is InChI=1S/C27H61Cl2NSi3/c1-14-15-16-17-18-19-27(20-31(28)29)30(32(21(2)3,22(4)5)23(6)7)33(24(8)9,25(10)11)26(12)13/h21-27,31H,14-20H2,1-13H3. The fourth-order valence-corrected chi connectivity index (χ4v) is 31.1. The van der Waals surface area contributed by atoms with Crippen LogP contribution in [0.3, 0.4) is 0 Å². The van der Waals surface area contributed by atoms with Gasteiger partial charge in [0.1, 0.15) is 16.5 Å². The van der Waals surface area contributed by atoms with Crippen molar-refractivity contribution >= 4 is 46.0 Å². The van der Waals surface area contributed by atoms with Gasteiger partial charge in [0.15, 0.2) is 0 Å². The second-order valence-corrected chi connectivity index (χ2v) is 29.5. The van der Waals surface area contributed by atoms with Crippen LogP contribution in [-0.4, -0.2) is 34.2 Å². The number of rotatable bonds is 17. The number of halogens is 2. The summed E-state index contributed by atoms with van der Waals surface area (Å²) < 4.78 is 3.37. The lowest BCUT2D eigenvalue weighted by molar-refractivity contribution is 0.375. The molecule has 0 aromatic rings. The minimum atomic E-state index is -1.89. The first-order valence-electron chi connectivity index (χ1n) is 14.2. The Morgan fingerprint density at radius 1 is 0.576 bits per heavy atom. The smallest absolute Gasteiger partial charge is 0.238 e. The Labute approximate surface area is 223 Å². The van der Waals surface area contributed by atoms with E-state index in [0.29, 0.717) is 39.3 Å². The largest absolute Gasteiger partial charge is 0.341 e. The first-order chi connectivity index (χ1) is 15.2. The molecule has 0 aromatic carbocycles. The molecule has 0 saturated carbocycles. The van der Waals surface area contributed by atoms with E-state index in [1.807, 2.05) is 0 Å². The third kappa shape index (κ3) is 7.84. The van der Waals surface area contributed by atoms with Crippen LogP contribution in [-0.2, 0) is 0 Å². The summed E-state index contributed by atoms with van der Waals surface area (Å²) in [6.45, 7) is 32.9. The predicted molar refractivity (Wildman–Crippen MR) is 165 cm³/mol. The van der Waals surface area contributed by atoms with Gasteiger partial charge in [0.2, 0.25) is 7.42 Å². The van der Waals surface area contributed by atoms with Crippen LogP contribution in [0.2, 0.25) is 39.3 Å². The van der Waals surface area contributed by atoms with Gasteiger partial charge in [-0.3, -0.25) is 0 Å². The molecule has 0 bridgehead atoms. The highest BCUT2D eigenvalue weighted by atomic mass is 35.7. The summed E-state index contributed by atoms with van der Waals surface area (Å²) in [5, 5.41) is 0. The zero-order chi connectivity index (χ0) is 26.1. The van der Waals surface area contributed by atoms with Crippen LogP contribution in [0.25, 0.3) is 0 Å². The number of hydrogen-bond acceptors (Lipinski definition) is 1. The minimum absolute atomic E-state index is 0.566. The molecule has 0 saturated heterocycles. The van der Waals surface area contributed by atoms with Gasteiger partial charge in [0.05, 0.1) is 0 Å². The Balaban J connectivity index is 7.10. The molecule has 6 heteroatoms. The lowest BCUT2D eigenvalue weighted by Gasteiger charge is -2.65. The van der Waals surface area contributed by atoms with Crippen LogP contribution in [0.5, 0.6) is 0 Å². The van der Waals surface area contributed by atoms with Gasteiger partial charge in [0, 0.05) is 0 Å². The summed E-state index contributed by atoms with van der Waals surface area (Å²) in [5.41, 5.74) is 4.30. The zero-order valence-corrected chi connectivity index (χ0v) is 29.4. The van der Waals surface area contributed by atoms with Crippen molar-refractivity contribution < 1.29 is 0 Å². The van der Waals surface area contributed by atoms with Gasteiger partial charge in [-0.05, 0) is 51.8 Å². The molecule has 0 rings (SSSR count). The van der Waals surface area contributed by atoms with Crippen LogP contribution < -0.4 is 0 Å². The quantitative estimate of drug-likeness (QED) is 0.0981. The lowest BCUT2D eigenvalue weighted by atomic mass is 10.1. The molecular weight excluding hydrogens is 493 g/mol. The molecule has 0 heterocycles. The first-order valence-corrected chi connectivity index (χ1v) is 22.9. The minimum Gasteiger partial charge on any atom is -0.341 e. The average Bonchev–Trinajstić information content (AvgIpc) is 2.64. The van der Waals surface area contributed by atoms with Crippen LogP contribution in [0.15, 0.2) is 0 Å². The molecule has 0 aromatic heterocycles. The van der Waals surface area contributed by atoms with E-state index in [9.17, 15) is 0 Å². The number of unbranched alkanes of at least 4 members (excludes halogenated alkanes) is 4. The van der Waals surface area contributed by atoms with E-state index in [1.54, 1.807) is 0 Å². The highest BCUT2D eigenvalue weighted by Gasteiger charge is 2.61. The van der Waals surface area contributed by atoms with Gasteiger partial charge in [-0.1, -0.05) is 122 Å². The molecule has 1 atom stereocenters. The van der Waals surface area contributed by atoms with Crippen molar-refractivity contribution in [3.05, 3.63) is 0 Å². The molecule has 0 radical (unpaired) electrons. The molecular formula is C27H61Cl2NSi3. The Bertz CT molecular complexity index is 446. The fourth-order valence-electron chi connectivity index (χ4n) is 8.18. The van der Waals surface area contributed by atoms with Crippen LogP contribution in [0.1, 0.15) is 129 Å². The van der Waals surface area contributed by atoms with Crippen LogP contribution in [0.4, 0.5) is 0 Å². The van der Waals surface area contributed by atoms with E-state index in [0.717, 1.165) is 6.04 Å². The van der Waals surface area contributed by atoms with Gasteiger partial charge in [-0.15, -0.1) is 0 Å². The summed E-state index contributed by atoms with van der Waals surface area (Å²) in [5.74, 6) is 0. The highest BCUT2D eigenvalue weighted by Crippen LogP contribution is 2.55. The second kappa shape index (κ2) is 15.4. The molecule has 0 aliphatic rings. The average molecular weight is 555 g/mol. The van der Waals surface area contributed by atoms with Gasteiger partial charge < -0.3 is 4.23 Å². The molecule has 0 amide bonds. The molecule has 0 fully saturated rings. The maximum Gasteiger partial charge on any atom is 0.238 e. The molecule has 0 spiro atoms. The third-order valence-electron chi connectivity index (χ3n) is 8.84. The maximum absolute atomic E-state index is 6.77. The van der Waals surface area contributed by atoms with Crippen molar-refractivity contribution in [1.29, 1.82) is 0 Å². The molecule has 0 N–H and O–H groups in total. The topological polar surface area (TPSA) is 3.24 Å². The Morgan fingerprint density at radius 3 is 1.18 bits per heavy atom. The predicted octanol–water partition coefficient (Wildman–Crippen LogP) is 11.1. The summed E-state index contributed by atoms with van der Waals surface area (Å²) in [6.07, 6.45) is 8.01. The van der Waals surface area contributed by atoms with E-state index < -0.39 is 23.9 Å². The molecule has 33 heavy (non-hydrogen) atoms. The normalized spacial score (nSPS) is 15.0. The van der Waals surface area contributed by atoms with E-state index in [1.165, 1.54) is 38.5 Å². The summed E-state index contributed by atoms with van der Waals surface area (Å²) in [4.78, 5) is 0. The van der Waals surface area contributed by atoms with Crippen molar-refractivity contribution in [2.45, 2.75) is 174 Å². The van der Waals surface area contributed by atoms with Gasteiger partial charge in [0.25, 0.3) is 0 Å². The molecule has 0 aliphatic carbocycles. The first kappa shape index (κ1) is 34.2. The number of hydrogen-bond donors (Lipinski definition) is 0. The van der Waals surface area contributed by atoms with Crippen molar-refractivity contribution in [1.82, 2.24) is 4.23 Å². The van der Waals surface area contributed by atoms with Crippen molar-refractivity contribution in [2.75, 3.05) is 0 Å². The molecule has 1 unspecified atom stereocenters. The van der Waals surface area contributed by atoms with Gasteiger partial charge in [-0.2, -0.15) is 22.2 Å². The van der Waals surface area contributed by atoms with E-state index in [2.05, 4.69) is 94.2 Å². The SMILES string of the molecule is CCCCCCCC(C[SiH](Cl)Cl)N([Si](C(C)C)(C(C)C)C(C)C)[Si](C(C)C)(C(C)C)C(C)C. The van der Waals surface area contributed by atoms with E-state index in [4.69, 9.17) is 22.2 Å². The third-order valence-corrected chi connectivity index (χ3v) is 26.6. The molecule has 200 valence electrons. The monoisotopic (exact) mass is 553 g/mol. The van der Waals surface area contributed by atoms with Gasteiger partial charge >= 0.3 is 0 Å². The van der Waals surface area contributed by atoms with Crippen molar-refractivity contribution in [3.8, 4) is 0 Å². The molecule has 0 aliphatic heterocycles. The highest BCUT2D eigenvalue weighted by molar-refractivity contribution is 7.33. The van der Waals surface area contributed by atoms with Gasteiger partial charge in [-0.25, -0.2) is 0 Å². The van der Waals surface area contributed by atoms with Crippen LogP contribution in [0, 0.1) is 0 Å². The summed E-state index contributed by atoms with van der Waals surface area (Å²) >= 11 is 13.5. The zero-order valence-electron chi connectivity index (χ0n) is 24.8. The van der Waals surface area contributed by atoms with E-state index in [-0.39, 0.29) is 0 Å². The van der Waals surface area contributed by atoms with E-state index >= 15 is 0 Å². The maximum atomic E-state index is 6.77. The number of nitrogens with zero attached hydrogens (tertiary/aromatic N) is 1. The second-order valence-electron chi connectivity index (χ2n) is 12.6.